The van der Waals surface area contributed by atoms with Crippen molar-refractivity contribution in [1.29, 1.82) is 0 Å². The van der Waals surface area contributed by atoms with Crippen LogP contribution in [0.2, 0.25) is 0 Å². The fourth-order valence-corrected chi connectivity index (χ4v) is 8.68. The van der Waals surface area contributed by atoms with E-state index in [2.05, 4.69) is 31.3 Å². The fourth-order valence-electron chi connectivity index (χ4n) is 7.94. The second kappa shape index (κ2) is 45.1. The quantitative estimate of drug-likeness (QED) is 0.0243. The van der Waals surface area contributed by atoms with Gasteiger partial charge in [-0.2, -0.15) is 0 Å². The van der Waals surface area contributed by atoms with Crippen LogP contribution >= 0.6 is 7.82 Å². The summed E-state index contributed by atoms with van der Waals surface area (Å²) in [6.45, 7) is 4.81. The maximum atomic E-state index is 12.9. The summed E-state index contributed by atoms with van der Waals surface area (Å²) in [5, 5.41) is 13.9. The Kier molecular flexibility index (Phi) is 44.4. The smallest absolute Gasteiger partial charge is 0.387 e. The van der Waals surface area contributed by atoms with Gasteiger partial charge in [-0.25, -0.2) is 4.57 Å². The van der Waals surface area contributed by atoms with Crippen molar-refractivity contribution in [2.45, 2.75) is 270 Å². The summed E-state index contributed by atoms with van der Waals surface area (Å²) < 4.78 is 23.6. The molecule has 0 aromatic heterocycles. The number of nitrogens with zero attached hydrogens (tertiary/aromatic N) is 1. The molecular formula is C53H106N2O6P+. The minimum atomic E-state index is -4.34. The molecule has 0 aliphatic heterocycles. The molecule has 0 saturated heterocycles. The predicted molar refractivity (Wildman–Crippen MR) is 268 cm³/mol. The average molecular weight is 898 g/mol. The number of phosphoric acid groups is 1. The molecule has 0 bridgehead atoms. The van der Waals surface area contributed by atoms with Crippen LogP contribution in [0.5, 0.6) is 0 Å². The maximum Gasteiger partial charge on any atom is 0.472 e. The summed E-state index contributed by atoms with van der Waals surface area (Å²) in [5.41, 5.74) is 0. The molecule has 0 fully saturated rings. The van der Waals surface area contributed by atoms with Crippen LogP contribution in [0.1, 0.15) is 258 Å². The first-order valence-electron chi connectivity index (χ1n) is 26.7. The van der Waals surface area contributed by atoms with E-state index in [0.717, 1.165) is 38.5 Å². The van der Waals surface area contributed by atoms with Crippen LogP contribution in [0.4, 0.5) is 0 Å². The van der Waals surface area contributed by atoms with Gasteiger partial charge >= 0.3 is 7.82 Å². The number of phosphoric ester groups is 1. The average Bonchev–Trinajstić information content (AvgIpc) is 3.23. The van der Waals surface area contributed by atoms with Crippen LogP contribution in [-0.4, -0.2) is 73.4 Å². The lowest BCUT2D eigenvalue weighted by Crippen LogP contribution is -2.45. The van der Waals surface area contributed by atoms with E-state index in [1.54, 1.807) is 6.08 Å². The Bertz CT molecular complexity index is 1060. The van der Waals surface area contributed by atoms with Crippen molar-refractivity contribution in [1.82, 2.24) is 5.32 Å². The van der Waals surface area contributed by atoms with E-state index < -0.39 is 20.0 Å². The lowest BCUT2D eigenvalue weighted by atomic mass is 10.0. The third kappa shape index (κ3) is 47.0. The van der Waals surface area contributed by atoms with Crippen molar-refractivity contribution in [3.63, 3.8) is 0 Å². The van der Waals surface area contributed by atoms with E-state index in [1.165, 1.54) is 199 Å². The van der Waals surface area contributed by atoms with Gasteiger partial charge in [0.15, 0.2) is 0 Å². The number of likely N-dealkylation sites (N-methyl/N-ethyl adjacent to an activating group) is 1. The number of rotatable bonds is 49. The van der Waals surface area contributed by atoms with Crippen LogP contribution < -0.4 is 5.32 Å². The number of quaternary nitrogens is 1. The predicted octanol–water partition coefficient (Wildman–Crippen LogP) is 15.6. The Balaban J connectivity index is 4.18. The Morgan fingerprint density at radius 3 is 1.29 bits per heavy atom. The molecule has 3 unspecified atom stereocenters. The highest BCUT2D eigenvalue weighted by Crippen LogP contribution is 2.43. The van der Waals surface area contributed by atoms with Gasteiger partial charge in [-0.3, -0.25) is 13.8 Å². The van der Waals surface area contributed by atoms with Crippen molar-refractivity contribution in [2.75, 3.05) is 40.9 Å². The summed E-state index contributed by atoms with van der Waals surface area (Å²) in [6.07, 6.45) is 55.7. The van der Waals surface area contributed by atoms with Gasteiger partial charge in [-0.1, -0.05) is 244 Å². The molecule has 0 aromatic rings. The van der Waals surface area contributed by atoms with Gasteiger partial charge in [0.05, 0.1) is 39.9 Å². The van der Waals surface area contributed by atoms with Gasteiger partial charge in [0.2, 0.25) is 5.91 Å². The molecule has 0 saturated carbocycles. The number of nitrogens with one attached hydrogen (secondary N) is 1. The molecule has 8 nitrogen and oxygen atoms in total. The van der Waals surface area contributed by atoms with E-state index in [9.17, 15) is 19.4 Å². The largest absolute Gasteiger partial charge is 0.472 e. The maximum absolute atomic E-state index is 12.9. The first-order valence-corrected chi connectivity index (χ1v) is 28.2. The number of carbonyl (C=O) groups excluding carboxylic acids is 1. The highest BCUT2D eigenvalue weighted by Gasteiger charge is 2.27. The van der Waals surface area contributed by atoms with Crippen molar-refractivity contribution in [3.05, 3.63) is 24.3 Å². The van der Waals surface area contributed by atoms with E-state index in [0.29, 0.717) is 17.4 Å². The number of hydrogen-bond donors (Lipinski definition) is 3. The first-order chi connectivity index (χ1) is 30.0. The zero-order valence-corrected chi connectivity index (χ0v) is 42.8. The second-order valence-corrected chi connectivity index (χ2v) is 21.1. The highest BCUT2D eigenvalue weighted by atomic mass is 31.2. The highest BCUT2D eigenvalue weighted by molar-refractivity contribution is 7.47. The molecule has 368 valence electrons. The summed E-state index contributed by atoms with van der Waals surface area (Å²) in [7, 11) is 1.56. The molecule has 62 heavy (non-hydrogen) atoms. The third-order valence-electron chi connectivity index (χ3n) is 12.2. The Morgan fingerprint density at radius 1 is 0.532 bits per heavy atom. The van der Waals surface area contributed by atoms with Crippen LogP contribution in [0, 0.1) is 0 Å². The van der Waals surface area contributed by atoms with E-state index in [4.69, 9.17) is 9.05 Å². The van der Waals surface area contributed by atoms with Gasteiger partial charge in [-0.15, -0.1) is 0 Å². The van der Waals surface area contributed by atoms with Crippen molar-refractivity contribution >= 4 is 13.7 Å². The van der Waals surface area contributed by atoms with E-state index in [-0.39, 0.29) is 19.1 Å². The standard InChI is InChI=1S/C53H105N2O6P/c1-6-8-10-12-14-16-18-20-21-22-23-24-25-26-27-28-29-30-31-32-33-34-35-36-38-40-42-44-46-52(56)51(50-61-62(58,59)60-49-48-55(3,4)5)54-53(57)47-45-43-41-39-37-19-17-15-13-11-9-7-2/h36,38,44,46,51-52,56H,6-35,37,39-43,45,47-50H2,1-5H3,(H-,54,57,58,59)/p+1/b38-36+,46-44+. The molecule has 0 heterocycles. The van der Waals surface area contributed by atoms with Crippen LogP contribution in [0.25, 0.3) is 0 Å². The van der Waals surface area contributed by atoms with Crippen LogP contribution in [0.15, 0.2) is 24.3 Å². The molecule has 0 rings (SSSR count). The zero-order chi connectivity index (χ0) is 45.7. The third-order valence-corrected chi connectivity index (χ3v) is 13.2. The van der Waals surface area contributed by atoms with Gasteiger partial charge in [0.1, 0.15) is 13.2 Å². The first kappa shape index (κ1) is 61.0. The van der Waals surface area contributed by atoms with E-state index in [1.807, 2.05) is 27.2 Å². The summed E-state index contributed by atoms with van der Waals surface area (Å²) in [6, 6.07) is -0.858. The molecule has 0 aromatic carbocycles. The number of aliphatic hydroxyl groups excluding tert-OH is 1. The minimum Gasteiger partial charge on any atom is -0.387 e. The number of carbonyl (C=O) groups is 1. The molecule has 3 N–H and O–H groups in total. The molecule has 9 heteroatoms. The van der Waals surface area contributed by atoms with Crippen LogP contribution in [0.3, 0.4) is 0 Å². The lowest BCUT2D eigenvalue weighted by Gasteiger charge is -2.25. The van der Waals surface area contributed by atoms with E-state index >= 15 is 0 Å². The number of hydrogen-bond acceptors (Lipinski definition) is 5. The minimum absolute atomic E-state index is 0.0584. The van der Waals surface area contributed by atoms with Gasteiger partial charge in [0.25, 0.3) is 0 Å². The van der Waals surface area contributed by atoms with Gasteiger partial charge < -0.3 is 19.8 Å². The molecule has 0 radical (unpaired) electrons. The summed E-state index contributed by atoms with van der Waals surface area (Å²) in [5.74, 6) is -0.185. The fraction of sp³-hybridized carbons (Fsp3) is 0.906. The normalized spacial score (nSPS) is 14.2. The van der Waals surface area contributed by atoms with Crippen molar-refractivity contribution in [2.24, 2.45) is 0 Å². The Labute approximate surface area is 385 Å². The Morgan fingerprint density at radius 2 is 0.887 bits per heavy atom. The SMILES string of the molecule is CCCCCCCCCCCCCCCCCCCCCCCC/C=C/CC/C=C/C(O)C(COP(=O)(O)OCC[N+](C)(C)C)NC(=O)CCCCCCCCCCCCCC. The Hall–Kier alpha value is -1.02. The molecular weight excluding hydrogens is 792 g/mol. The number of amides is 1. The van der Waals surface area contributed by atoms with Crippen molar-refractivity contribution in [3.8, 4) is 0 Å². The topological polar surface area (TPSA) is 105 Å². The summed E-state index contributed by atoms with van der Waals surface area (Å²) >= 11 is 0. The lowest BCUT2D eigenvalue weighted by molar-refractivity contribution is -0.870. The zero-order valence-electron chi connectivity index (χ0n) is 41.9. The molecule has 3 atom stereocenters. The monoisotopic (exact) mass is 898 g/mol. The number of aliphatic hydroxyl groups is 1. The molecule has 0 aliphatic carbocycles. The molecule has 0 spiro atoms. The van der Waals surface area contributed by atoms with Gasteiger partial charge in [-0.05, 0) is 32.1 Å². The van der Waals surface area contributed by atoms with Crippen LogP contribution in [-0.2, 0) is 18.4 Å². The second-order valence-electron chi connectivity index (χ2n) is 19.6. The number of allylic oxidation sites excluding steroid dienone is 3. The van der Waals surface area contributed by atoms with Gasteiger partial charge in [0, 0.05) is 6.42 Å². The molecule has 1 amide bonds. The molecule has 0 aliphatic rings. The summed E-state index contributed by atoms with van der Waals surface area (Å²) in [4.78, 5) is 23.1. The number of unbranched alkanes of at least 4 members (excludes halogenated alkanes) is 34. The van der Waals surface area contributed by atoms with Crippen molar-refractivity contribution < 1.29 is 32.9 Å².